The average Bonchev–Trinajstić information content (AvgIpc) is 3.66. The fourth-order valence-corrected chi connectivity index (χ4v) is 10.5. The van der Waals surface area contributed by atoms with Gasteiger partial charge in [0.2, 0.25) is 0 Å². The molecule has 0 radical (unpaired) electrons. The molecule has 11 rings (SSSR count). The van der Waals surface area contributed by atoms with Crippen LogP contribution < -0.4 is 4.90 Å². The zero-order valence-electron chi connectivity index (χ0n) is 31.9. The van der Waals surface area contributed by atoms with Gasteiger partial charge in [-0.25, -0.2) is 0 Å². The Kier molecular flexibility index (Phi) is 6.21. The highest BCUT2D eigenvalue weighted by molar-refractivity contribution is 6.16. The van der Waals surface area contributed by atoms with E-state index in [2.05, 4.69) is 198 Å². The third-order valence-electron chi connectivity index (χ3n) is 13.4. The van der Waals surface area contributed by atoms with Gasteiger partial charge in [0, 0.05) is 33.3 Å². The van der Waals surface area contributed by atoms with E-state index in [1.165, 1.54) is 99.7 Å². The smallest absolute Gasteiger partial charge is 0.0471 e. The summed E-state index contributed by atoms with van der Waals surface area (Å²) in [4.78, 5) is 2.48. The van der Waals surface area contributed by atoms with Crippen LogP contribution in [0.5, 0.6) is 0 Å². The molecule has 54 heavy (non-hydrogen) atoms. The van der Waals surface area contributed by atoms with Gasteiger partial charge in [0.25, 0.3) is 0 Å². The topological polar surface area (TPSA) is 3.24 Å². The van der Waals surface area contributed by atoms with Crippen LogP contribution in [0.25, 0.3) is 54.9 Å². The first-order valence-corrected chi connectivity index (χ1v) is 19.4. The van der Waals surface area contributed by atoms with Gasteiger partial charge in [-0.3, -0.25) is 0 Å². The minimum atomic E-state index is -0.155. The predicted molar refractivity (Wildman–Crippen MR) is 229 cm³/mol. The molecule has 0 N–H and O–H groups in total. The van der Waals surface area contributed by atoms with E-state index >= 15 is 0 Å². The molecule has 0 bridgehead atoms. The fraction of sp³-hybridized carbons (Fsp3) is 0.170. The lowest BCUT2D eigenvalue weighted by Gasteiger charge is -2.30. The second-order valence-corrected chi connectivity index (χ2v) is 17.4. The molecule has 3 aliphatic carbocycles. The molecule has 0 spiro atoms. The quantitative estimate of drug-likeness (QED) is 0.166. The number of anilines is 3. The molecule has 0 heterocycles. The van der Waals surface area contributed by atoms with Crippen molar-refractivity contribution in [2.75, 3.05) is 4.90 Å². The summed E-state index contributed by atoms with van der Waals surface area (Å²) in [6, 6.07) is 57.4. The molecule has 0 aliphatic heterocycles. The van der Waals surface area contributed by atoms with Gasteiger partial charge in [-0.05, 0) is 149 Å². The number of fused-ring (bicyclic) bond motifs is 6. The van der Waals surface area contributed by atoms with Crippen molar-refractivity contribution >= 4 is 38.6 Å². The summed E-state index contributed by atoms with van der Waals surface area (Å²) >= 11 is 0. The van der Waals surface area contributed by atoms with Crippen molar-refractivity contribution in [2.24, 2.45) is 0 Å². The van der Waals surface area contributed by atoms with E-state index in [0.29, 0.717) is 0 Å². The van der Waals surface area contributed by atoms with E-state index in [4.69, 9.17) is 0 Å². The molecule has 0 atom stereocenters. The minimum Gasteiger partial charge on any atom is -0.310 e. The minimum absolute atomic E-state index is 0.0302. The second kappa shape index (κ2) is 10.6. The van der Waals surface area contributed by atoms with E-state index in [1.807, 2.05) is 0 Å². The lowest BCUT2D eigenvalue weighted by atomic mass is 9.79. The highest BCUT2D eigenvalue weighted by Gasteiger charge is 2.42. The van der Waals surface area contributed by atoms with Crippen molar-refractivity contribution in [3.63, 3.8) is 0 Å². The number of hydrogen-bond donors (Lipinski definition) is 0. The van der Waals surface area contributed by atoms with E-state index in [9.17, 15) is 0 Å². The van der Waals surface area contributed by atoms with Crippen LogP contribution >= 0.6 is 0 Å². The van der Waals surface area contributed by atoms with E-state index in [0.717, 1.165) is 5.69 Å². The van der Waals surface area contributed by atoms with E-state index in [-0.39, 0.29) is 16.2 Å². The molecule has 0 saturated heterocycles. The van der Waals surface area contributed by atoms with Gasteiger partial charge in [0.05, 0.1) is 0 Å². The third-order valence-corrected chi connectivity index (χ3v) is 13.4. The molecule has 1 nitrogen and oxygen atoms in total. The van der Waals surface area contributed by atoms with E-state index in [1.54, 1.807) is 0 Å². The van der Waals surface area contributed by atoms with Gasteiger partial charge in [-0.1, -0.05) is 133 Å². The van der Waals surface area contributed by atoms with Gasteiger partial charge in [-0.2, -0.15) is 0 Å². The van der Waals surface area contributed by atoms with Gasteiger partial charge < -0.3 is 4.90 Å². The molecule has 8 aromatic rings. The zero-order valence-corrected chi connectivity index (χ0v) is 31.9. The average molecular weight is 694 g/mol. The van der Waals surface area contributed by atoms with Crippen LogP contribution in [0.3, 0.4) is 0 Å². The summed E-state index contributed by atoms with van der Waals surface area (Å²) in [7, 11) is 0. The lowest BCUT2D eigenvalue weighted by molar-refractivity contribution is 0.652. The Hall–Kier alpha value is -5.92. The van der Waals surface area contributed by atoms with Crippen LogP contribution in [0.4, 0.5) is 17.1 Å². The van der Waals surface area contributed by atoms with Gasteiger partial charge in [-0.15, -0.1) is 0 Å². The van der Waals surface area contributed by atoms with Gasteiger partial charge in [0.15, 0.2) is 0 Å². The molecule has 0 unspecified atom stereocenters. The largest absolute Gasteiger partial charge is 0.310 e. The summed E-state index contributed by atoms with van der Waals surface area (Å²) in [6.45, 7) is 14.4. The Morgan fingerprint density at radius 1 is 0.315 bits per heavy atom. The normalized spacial score (nSPS) is 16.0. The van der Waals surface area contributed by atoms with Crippen molar-refractivity contribution in [3.05, 3.63) is 185 Å². The third kappa shape index (κ3) is 4.10. The molecule has 0 amide bonds. The molecular formula is C53H43N. The van der Waals surface area contributed by atoms with Crippen LogP contribution in [0.15, 0.2) is 152 Å². The maximum absolute atomic E-state index is 2.52. The Morgan fingerprint density at radius 3 is 1.54 bits per heavy atom. The molecule has 3 aliphatic rings. The van der Waals surface area contributed by atoms with Crippen molar-refractivity contribution < 1.29 is 0 Å². The fourth-order valence-electron chi connectivity index (χ4n) is 10.5. The molecule has 0 aromatic heterocycles. The van der Waals surface area contributed by atoms with Crippen LogP contribution in [-0.4, -0.2) is 0 Å². The first-order valence-electron chi connectivity index (χ1n) is 19.4. The summed E-state index contributed by atoms with van der Waals surface area (Å²) in [5, 5.41) is 5.41. The molecule has 260 valence electrons. The maximum Gasteiger partial charge on any atom is 0.0471 e. The first-order chi connectivity index (χ1) is 26.0. The number of hydrogen-bond acceptors (Lipinski definition) is 1. The highest BCUT2D eigenvalue weighted by atomic mass is 15.1. The van der Waals surface area contributed by atoms with Crippen LogP contribution in [0.1, 0.15) is 74.9 Å². The Balaban J connectivity index is 1.07. The van der Waals surface area contributed by atoms with Crippen LogP contribution in [0.2, 0.25) is 0 Å². The van der Waals surface area contributed by atoms with Crippen molar-refractivity contribution in [1.29, 1.82) is 0 Å². The van der Waals surface area contributed by atoms with Crippen LogP contribution in [0, 0.1) is 0 Å². The summed E-state index contributed by atoms with van der Waals surface area (Å²) in [6.07, 6.45) is 0. The number of rotatable bonds is 4. The van der Waals surface area contributed by atoms with Crippen molar-refractivity contribution in [2.45, 2.75) is 57.8 Å². The predicted octanol–water partition coefficient (Wildman–Crippen LogP) is 14.4. The molecule has 0 fully saturated rings. The van der Waals surface area contributed by atoms with E-state index < -0.39 is 0 Å². The number of benzene rings is 8. The Labute approximate surface area is 318 Å². The Morgan fingerprint density at radius 2 is 0.833 bits per heavy atom. The number of para-hydroxylation sites is 1. The van der Waals surface area contributed by atoms with Gasteiger partial charge in [0.1, 0.15) is 0 Å². The molecule has 0 saturated carbocycles. The van der Waals surface area contributed by atoms with Gasteiger partial charge >= 0.3 is 0 Å². The second-order valence-electron chi connectivity index (χ2n) is 17.4. The monoisotopic (exact) mass is 693 g/mol. The summed E-state index contributed by atoms with van der Waals surface area (Å²) in [5.41, 5.74) is 19.7. The maximum atomic E-state index is 2.52. The molecule has 8 aromatic carbocycles. The lowest BCUT2D eigenvalue weighted by Crippen LogP contribution is -2.18. The summed E-state index contributed by atoms with van der Waals surface area (Å²) < 4.78 is 0. The molecular weight excluding hydrogens is 651 g/mol. The standard InChI is InChI=1S/C53H43N/c1-51(2)43-20-14-13-19-39(43)41-30-46-42(31-45(41)51)40-24-23-37(28-44(40)52(46,3)4)54(36-17-11-8-12-18-36)38-26-34-22-21-33-25-35(32-15-9-7-10-16-32)27-47-49(33)50(34)48(29-38)53(47,5)6/h7-31H,1-6H3. The number of nitrogens with zero attached hydrogens (tertiary/aromatic N) is 1. The first kappa shape index (κ1) is 31.6. The van der Waals surface area contributed by atoms with Crippen molar-refractivity contribution in [1.82, 2.24) is 0 Å². The Bertz CT molecular complexity index is 2890. The SMILES string of the molecule is CC1(C)c2ccccc2-c2cc3c(cc21)-c1ccc(N(c2ccccc2)c2cc4c5c(ccc6cc(-c7ccccc7)cc(c65)C4(C)C)c2)cc1C3(C)C. The zero-order chi connectivity index (χ0) is 36.7. The highest BCUT2D eigenvalue weighted by Crippen LogP contribution is 2.57. The summed E-state index contributed by atoms with van der Waals surface area (Å²) in [5.74, 6) is 0. The van der Waals surface area contributed by atoms with Crippen molar-refractivity contribution in [3.8, 4) is 33.4 Å². The van der Waals surface area contributed by atoms with Crippen LogP contribution in [-0.2, 0) is 16.2 Å². The molecule has 1 heteroatoms.